The highest BCUT2D eigenvalue weighted by Gasteiger charge is 2.23. The molecule has 0 radical (unpaired) electrons. The third-order valence-electron chi connectivity index (χ3n) is 3.97. The molecule has 1 aromatic rings. The summed E-state index contributed by atoms with van der Waals surface area (Å²) in [6.07, 6.45) is 4.35. The van der Waals surface area contributed by atoms with Gasteiger partial charge >= 0.3 is 5.97 Å². The van der Waals surface area contributed by atoms with E-state index < -0.39 is 5.97 Å². The topological polar surface area (TPSA) is 75.6 Å². The maximum atomic E-state index is 11.9. The van der Waals surface area contributed by atoms with Gasteiger partial charge < -0.3 is 15.2 Å². The Morgan fingerprint density at radius 1 is 1.36 bits per heavy atom. The maximum Gasteiger partial charge on any atom is 0.342 e. The fourth-order valence-electron chi connectivity index (χ4n) is 2.66. The van der Waals surface area contributed by atoms with Crippen LogP contribution >= 0.6 is 11.6 Å². The molecule has 5 nitrogen and oxygen atoms in total. The minimum atomic E-state index is -0.771. The van der Waals surface area contributed by atoms with Crippen molar-refractivity contribution in [3.63, 3.8) is 0 Å². The van der Waals surface area contributed by atoms with E-state index in [0.29, 0.717) is 10.9 Å². The summed E-state index contributed by atoms with van der Waals surface area (Å²) >= 11 is 5.77. The number of benzene rings is 1. The maximum absolute atomic E-state index is 11.9. The Balaban J connectivity index is 1.85. The van der Waals surface area contributed by atoms with Crippen LogP contribution in [0.3, 0.4) is 0 Å². The van der Waals surface area contributed by atoms with E-state index in [0.717, 1.165) is 19.3 Å². The number of hydrogen-bond donors (Lipinski definition) is 2. The minimum Gasteiger partial charge on any atom is -0.507 e. The second kappa shape index (κ2) is 7.49. The molecule has 2 N–H and O–H groups in total. The fraction of sp³-hybridized carbons (Fsp3) is 0.500. The summed E-state index contributed by atoms with van der Waals surface area (Å²) in [5.74, 6) is -0.887. The number of phenols is 1. The number of nitrogens with one attached hydrogen (secondary N) is 1. The largest absolute Gasteiger partial charge is 0.507 e. The van der Waals surface area contributed by atoms with Crippen molar-refractivity contribution in [1.29, 1.82) is 0 Å². The van der Waals surface area contributed by atoms with Crippen LogP contribution in [0.25, 0.3) is 0 Å². The SMILES string of the molecule is CC1CCCCC1NC(=O)COC(=O)c1cc(Cl)ccc1O. The van der Waals surface area contributed by atoms with E-state index in [4.69, 9.17) is 16.3 Å². The molecule has 1 aromatic carbocycles. The molecule has 0 aromatic heterocycles. The standard InChI is InChI=1S/C16H20ClNO4/c1-10-4-2-3-5-13(10)18-15(20)9-22-16(21)12-8-11(17)6-7-14(12)19/h6-8,10,13,19H,2-5,9H2,1H3,(H,18,20). The van der Waals surface area contributed by atoms with Gasteiger partial charge in [0.05, 0.1) is 0 Å². The van der Waals surface area contributed by atoms with Crippen LogP contribution in [0.1, 0.15) is 43.0 Å². The monoisotopic (exact) mass is 325 g/mol. The van der Waals surface area contributed by atoms with Crippen LogP contribution in [0.15, 0.2) is 18.2 Å². The van der Waals surface area contributed by atoms with Crippen molar-refractivity contribution in [3.05, 3.63) is 28.8 Å². The zero-order valence-corrected chi connectivity index (χ0v) is 13.2. The van der Waals surface area contributed by atoms with E-state index in [-0.39, 0.29) is 29.9 Å². The van der Waals surface area contributed by atoms with Crippen molar-refractivity contribution >= 4 is 23.5 Å². The minimum absolute atomic E-state index is 0.0497. The number of carbonyl (C=O) groups excluding carboxylic acids is 2. The Morgan fingerprint density at radius 2 is 2.09 bits per heavy atom. The highest BCUT2D eigenvalue weighted by Crippen LogP contribution is 2.24. The summed E-state index contributed by atoms with van der Waals surface area (Å²) in [4.78, 5) is 23.7. The van der Waals surface area contributed by atoms with E-state index in [2.05, 4.69) is 12.2 Å². The van der Waals surface area contributed by atoms with Crippen LogP contribution in [-0.4, -0.2) is 29.6 Å². The number of phenolic OH excluding ortho intramolecular Hbond substituents is 1. The van der Waals surface area contributed by atoms with Gasteiger partial charge in [-0.05, 0) is 37.0 Å². The van der Waals surface area contributed by atoms with Crippen molar-refractivity contribution in [2.24, 2.45) is 5.92 Å². The van der Waals surface area contributed by atoms with Crippen LogP contribution < -0.4 is 5.32 Å². The predicted molar refractivity (Wildman–Crippen MR) is 83.0 cm³/mol. The van der Waals surface area contributed by atoms with Gasteiger partial charge in [0.15, 0.2) is 6.61 Å². The summed E-state index contributed by atoms with van der Waals surface area (Å²) in [6, 6.07) is 4.22. The average Bonchev–Trinajstić information content (AvgIpc) is 2.49. The molecule has 2 rings (SSSR count). The van der Waals surface area contributed by atoms with Gasteiger partial charge in [-0.1, -0.05) is 31.4 Å². The third kappa shape index (κ3) is 4.37. The molecule has 0 aliphatic heterocycles. The van der Waals surface area contributed by atoms with Gasteiger partial charge in [-0.25, -0.2) is 4.79 Å². The van der Waals surface area contributed by atoms with Crippen LogP contribution in [0.2, 0.25) is 5.02 Å². The Bertz CT molecular complexity index is 561. The molecular formula is C16H20ClNO4. The Kier molecular flexibility index (Phi) is 5.66. The number of amides is 1. The summed E-state index contributed by atoms with van der Waals surface area (Å²) in [5, 5.41) is 12.8. The molecule has 2 unspecified atom stereocenters. The first-order valence-corrected chi connectivity index (χ1v) is 7.80. The van der Waals surface area contributed by atoms with Crippen molar-refractivity contribution in [2.45, 2.75) is 38.6 Å². The molecule has 22 heavy (non-hydrogen) atoms. The van der Waals surface area contributed by atoms with Gasteiger partial charge in [0, 0.05) is 11.1 Å². The highest BCUT2D eigenvalue weighted by molar-refractivity contribution is 6.31. The smallest absolute Gasteiger partial charge is 0.342 e. The van der Waals surface area contributed by atoms with Gasteiger partial charge in [-0.3, -0.25) is 4.79 Å². The van der Waals surface area contributed by atoms with Crippen LogP contribution in [-0.2, 0) is 9.53 Å². The molecule has 1 aliphatic rings. The van der Waals surface area contributed by atoms with Gasteiger partial charge in [0.2, 0.25) is 0 Å². The van der Waals surface area contributed by atoms with E-state index in [1.807, 2.05) is 0 Å². The first-order chi connectivity index (χ1) is 10.5. The van der Waals surface area contributed by atoms with Gasteiger partial charge in [-0.2, -0.15) is 0 Å². The van der Waals surface area contributed by atoms with Crippen molar-refractivity contribution in [3.8, 4) is 5.75 Å². The van der Waals surface area contributed by atoms with Crippen molar-refractivity contribution in [1.82, 2.24) is 5.32 Å². The first-order valence-electron chi connectivity index (χ1n) is 7.42. The fourth-order valence-corrected chi connectivity index (χ4v) is 2.83. The summed E-state index contributed by atoms with van der Waals surface area (Å²) in [7, 11) is 0. The van der Waals surface area contributed by atoms with Crippen LogP contribution in [0.5, 0.6) is 5.75 Å². The Labute approximate surface area is 134 Å². The number of esters is 1. The lowest BCUT2D eigenvalue weighted by Gasteiger charge is -2.29. The van der Waals surface area contributed by atoms with E-state index >= 15 is 0 Å². The molecule has 0 saturated heterocycles. The number of halogens is 1. The quantitative estimate of drug-likeness (QED) is 0.835. The zero-order valence-electron chi connectivity index (χ0n) is 12.5. The number of rotatable bonds is 4. The van der Waals surface area contributed by atoms with E-state index in [9.17, 15) is 14.7 Å². The summed E-state index contributed by atoms with van der Waals surface area (Å²) in [5.41, 5.74) is -0.0497. The van der Waals surface area contributed by atoms with Gasteiger partial charge in [-0.15, -0.1) is 0 Å². The van der Waals surface area contributed by atoms with E-state index in [1.165, 1.54) is 24.6 Å². The summed E-state index contributed by atoms with van der Waals surface area (Å²) in [6.45, 7) is 1.74. The second-order valence-electron chi connectivity index (χ2n) is 5.67. The second-order valence-corrected chi connectivity index (χ2v) is 6.11. The third-order valence-corrected chi connectivity index (χ3v) is 4.21. The number of hydrogen-bond acceptors (Lipinski definition) is 4. The average molecular weight is 326 g/mol. The van der Waals surface area contributed by atoms with Crippen LogP contribution in [0, 0.1) is 5.92 Å². The normalized spacial score (nSPS) is 21.2. The lowest BCUT2D eigenvalue weighted by Crippen LogP contribution is -2.42. The van der Waals surface area contributed by atoms with E-state index in [1.54, 1.807) is 0 Å². The van der Waals surface area contributed by atoms with Gasteiger partial charge in [0.1, 0.15) is 11.3 Å². The molecule has 0 spiro atoms. The molecule has 6 heteroatoms. The molecule has 0 bridgehead atoms. The molecule has 1 fully saturated rings. The Hall–Kier alpha value is -1.75. The van der Waals surface area contributed by atoms with Crippen molar-refractivity contribution < 1.29 is 19.4 Å². The number of aromatic hydroxyl groups is 1. The lowest BCUT2D eigenvalue weighted by molar-refractivity contribution is -0.125. The van der Waals surface area contributed by atoms with Crippen LogP contribution in [0.4, 0.5) is 0 Å². The predicted octanol–water partition coefficient (Wildman–Crippen LogP) is 2.90. The highest BCUT2D eigenvalue weighted by atomic mass is 35.5. The molecule has 2 atom stereocenters. The lowest BCUT2D eigenvalue weighted by atomic mass is 9.86. The number of carbonyl (C=O) groups is 2. The first kappa shape index (κ1) is 16.6. The molecule has 120 valence electrons. The van der Waals surface area contributed by atoms with Gasteiger partial charge in [0.25, 0.3) is 5.91 Å². The summed E-state index contributed by atoms with van der Waals surface area (Å²) < 4.78 is 4.93. The number of ether oxygens (including phenoxy) is 1. The molecule has 1 saturated carbocycles. The van der Waals surface area contributed by atoms with Crippen molar-refractivity contribution in [2.75, 3.05) is 6.61 Å². The molecular weight excluding hydrogens is 306 g/mol. The molecule has 0 heterocycles. The zero-order chi connectivity index (χ0) is 16.1. The Morgan fingerprint density at radius 3 is 2.82 bits per heavy atom. The molecule has 1 amide bonds. The molecule has 1 aliphatic carbocycles.